The lowest BCUT2D eigenvalue weighted by atomic mass is 10.1. The SMILES string of the molecule is CC[C@H]1O[C@@H](n2cnc3c(=O)[nH]c(N)[n+](C)c32)[C@H](OCCOC)[C@@H]1OP(O)(=S)OC[C@H]1O[C@@H](n2cnc3c(N)ncnc32)[C@H](OCCOC)[C@@H]1OP(=O)(S)OC[C@H]1O[C@@H](n2cnc3c(N)ncnc32)[C@H](OCCOC)[C@@H]1OP(O)(=S)OC. The highest BCUT2D eigenvalue weighted by Crippen LogP contribution is 2.58. The van der Waals surface area contributed by atoms with Crippen molar-refractivity contribution in [2.24, 2.45) is 7.05 Å². The van der Waals surface area contributed by atoms with E-state index in [1.807, 2.05) is 6.92 Å². The Morgan fingerprint density at radius 3 is 1.57 bits per heavy atom. The fraction of sp³-hybridized carbons (Fsp3) is 0.643. The fourth-order valence-electron chi connectivity index (χ4n) is 9.53. The van der Waals surface area contributed by atoms with Gasteiger partial charge in [0.2, 0.25) is 11.2 Å². The Morgan fingerprint density at radius 1 is 0.634 bits per heavy atom. The number of aromatic amines is 1. The number of fused-ring (bicyclic) bond motifs is 3. The van der Waals surface area contributed by atoms with Gasteiger partial charge in [0.1, 0.15) is 78.8 Å². The van der Waals surface area contributed by atoms with Crippen molar-refractivity contribution in [3.8, 4) is 0 Å². The first-order valence-electron chi connectivity index (χ1n) is 25.0. The molecular formula is C42H63N15O19P3S3+. The molecule has 452 valence electrons. The molecule has 0 bridgehead atoms. The normalized spacial score (nSPS) is 28.1. The van der Waals surface area contributed by atoms with Crippen LogP contribution in [0.5, 0.6) is 0 Å². The number of thiol groups is 1. The van der Waals surface area contributed by atoms with Crippen LogP contribution < -0.4 is 27.3 Å². The predicted molar refractivity (Wildman–Crippen MR) is 295 cm³/mol. The van der Waals surface area contributed by atoms with Crippen molar-refractivity contribution in [3.05, 3.63) is 42.0 Å². The van der Waals surface area contributed by atoms with E-state index in [0.29, 0.717) is 12.1 Å². The monoisotopic (exact) mass is 1270 g/mol. The summed E-state index contributed by atoms with van der Waals surface area (Å²) in [6.45, 7) is -12.2. The molecule has 15 atom stereocenters. The molecule has 40 heteroatoms. The second-order valence-electron chi connectivity index (χ2n) is 18.4. The maximum Gasteiger partial charge on any atom is 0.386 e. The summed E-state index contributed by atoms with van der Waals surface area (Å²) < 4.78 is 112. The van der Waals surface area contributed by atoms with E-state index < -0.39 is 113 Å². The summed E-state index contributed by atoms with van der Waals surface area (Å²) >= 11 is 15.5. The largest absolute Gasteiger partial charge is 0.386 e. The molecule has 0 aliphatic carbocycles. The Kier molecular flexibility index (Phi) is 20.4. The van der Waals surface area contributed by atoms with Crippen LogP contribution in [-0.4, -0.2) is 200 Å². The quantitative estimate of drug-likeness (QED) is 0.0145. The molecule has 9 N–H and O–H groups in total. The van der Waals surface area contributed by atoms with E-state index in [4.69, 9.17) is 111 Å². The van der Waals surface area contributed by atoms with Gasteiger partial charge in [-0.1, -0.05) is 19.2 Å². The number of ether oxygens (including phenoxy) is 9. The molecule has 0 saturated carbocycles. The fourth-order valence-corrected chi connectivity index (χ4v) is 13.4. The van der Waals surface area contributed by atoms with Gasteiger partial charge in [-0.3, -0.25) is 32.0 Å². The third-order valence-electron chi connectivity index (χ3n) is 13.4. The molecule has 6 aromatic rings. The smallest absolute Gasteiger partial charge is 0.382 e. The highest BCUT2D eigenvalue weighted by atomic mass is 32.7. The number of nitrogens with zero attached hydrogens (tertiary/aromatic N) is 11. The van der Waals surface area contributed by atoms with Crippen LogP contribution in [0, 0.1) is 0 Å². The summed E-state index contributed by atoms with van der Waals surface area (Å²) in [4.78, 5) is 68.6. The van der Waals surface area contributed by atoms with Crippen LogP contribution >= 0.6 is 32.5 Å². The van der Waals surface area contributed by atoms with E-state index in [1.54, 1.807) is 11.6 Å². The van der Waals surface area contributed by atoms with Crippen molar-refractivity contribution in [2.45, 2.75) is 87.0 Å². The maximum atomic E-state index is 14.9. The molecule has 9 heterocycles. The second-order valence-corrected chi connectivity index (χ2v) is 26.9. The molecule has 3 unspecified atom stereocenters. The standard InChI is InChI=1S/C42H62N15O19P3S3/c1-7-21-27(30(66-11-8-62-3)41(71-21)57-20-52-26-37(58)53-42(45)54(2)38(26)57)75-78(60,81)69-15-23-29(32(68-13-10-64-5)40(73-23)56-19-51-25-34(44)47-17-49-36(25)56)76-79(61,82)70-14-22-28(74-77(59,80)65-6)31(67-12-9-63-4)39(72-22)55-18-50-24-33(43)46-16-48-35(24)55/h16-23,27-32,39-41H,7-15H2,1-6H3,(H9,43,44,45,46,47,48,49,53,58,59,60,61,80,81,82)/p+1/t21-,22-,23-,27-,28-,29-,30-,31-,32-,39-,40-,41-,77?,78?,79?/m1/s1. The van der Waals surface area contributed by atoms with Crippen molar-refractivity contribution in [2.75, 3.05) is 98.5 Å². The average Bonchev–Trinajstić information content (AvgIpc) is 4.47. The molecule has 34 nitrogen and oxygen atoms in total. The first-order valence-corrected chi connectivity index (χ1v) is 32.9. The second kappa shape index (κ2) is 26.8. The number of methoxy groups -OCH3 is 3. The van der Waals surface area contributed by atoms with Crippen molar-refractivity contribution in [3.63, 3.8) is 0 Å². The summed E-state index contributed by atoms with van der Waals surface area (Å²) in [6, 6.07) is 0. The Hall–Kier alpha value is -3.95. The Morgan fingerprint density at radius 2 is 1.07 bits per heavy atom. The Labute approximate surface area is 481 Å². The summed E-state index contributed by atoms with van der Waals surface area (Å²) in [5.41, 5.74) is 19.2. The van der Waals surface area contributed by atoms with E-state index >= 15 is 0 Å². The first kappa shape index (κ1) is 62.6. The van der Waals surface area contributed by atoms with Gasteiger partial charge in [-0.15, -0.1) is 0 Å². The van der Waals surface area contributed by atoms with E-state index in [-0.39, 0.29) is 85.1 Å². The number of imidazole rings is 3. The Bertz CT molecular complexity index is 3390. The molecule has 0 aromatic carbocycles. The molecule has 3 saturated heterocycles. The zero-order valence-electron chi connectivity index (χ0n) is 44.8. The number of nitrogens with two attached hydrogens (primary N) is 3. The van der Waals surface area contributed by atoms with Crippen molar-refractivity contribution >= 4 is 107 Å². The molecule has 6 aromatic heterocycles. The van der Waals surface area contributed by atoms with E-state index in [0.717, 1.165) is 0 Å². The van der Waals surface area contributed by atoms with Gasteiger partial charge in [-0.05, 0) is 30.0 Å². The lowest BCUT2D eigenvalue weighted by Gasteiger charge is -2.30. The molecule has 3 aliphatic rings. The van der Waals surface area contributed by atoms with Crippen molar-refractivity contribution < 1.29 is 88.7 Å². The number of aromatic nitrogens is 12. The van der Waals surface area contributed by atoms with E-state index in [1.165, 1.54) is 73.8 Å². The van der Waals surface area contributed by atoms with Crippen LogP contribution in [0.25, 0.3) is 33.5 Å². The van der Waals surface area contributed by atoms with Crippen LogP contribution in [0.15, 0.2) is 36.4 Å². The molecule has 9 rings (SSSR count). The van der Waals surface area contributed by atoms with Crippen LogP contribution in [0.3, 0.4) is 0 Å². The molecule has 3 fully saturated rings. The van der Waals surface area contributed by atoms with Crippen LogP contribution in [-0.2, 0) is 105 Å². The molecule has 0 amide bonds. The van der Waals surface area contributed by atoms with Crippen LogP contribution in [0.2, 0.25) is 0 Å². The zero-order valence-corrected chi connectivity index (χ0v) is 50.0. The topological polar surface area (TPSA) is 416 Å². The number of hydrogen-bond acceptors (Lipinski definition) is 29. The highest BCUT2D eigenvalue weighted by Gasteiger charge is 2.55. The summed E-state index contributed by atoms with van der Waals surface area (Å²) in [5, 5.41) is 0. The van der Waals surface area contributed by atoms with E-state index in [2.05, 4.69) is 52.1 Å². The number of nitrogen functional groups attached to an aromatic ring is 3. The third-order valence-corrected chi connectivity index (χ3v) is 18.2. The zero-order chi connectivity index (χ0) is 58.7. The number of H-pyrrole nitrogens is 1. The maximum absolute atomic E-state index is 14.9. The number of anilines is 3. The number of nitrogens with one attached hydrogen (secondary N) is 1. The van der Waals surface area contributed by atoms with Gasteiger partial charge in [0.25, 0.3) is 0 Å². The number of aryl methyl sites for hydroxylation is 1. The van der Waals surface area contributed by atoms with Gasteiger partial charge in [0.05, 0.1) is 78.7 Å². The summed E-state index contributed by atoms with van der Waals surface area (Å²) in [7, 11) is 7.24. The minimum atomic E-state index is -4.68. The molecule has 3 aliphatic heterocycles. The average molecular weight is 1270 g/mol. The van der Waals surface area contributed by atoms with Gasteiger partial charge in [-0.25, -0.2) is 53.6 Å². The molecule has 82 heavy (non-hydrogen) atoms. The Balaban J connectivity index is 1.01. The van der Waals surface area contributed by atoms with E-state index in [9.17, 15) is 19.1 Å². The van der Waals surface area contributed by atoms with Gasteiger partial charge in [0, 0.05) is 28.4 Å². The lowest BCUT2D eigenvalue weighted by Crippen LogP contribution is -2.41. The molecule has 0 spiro atoms. The molecular weight excluding hydrogens is 1210 g/mol. The van der Waals surface area contributed by atoms with Crippen LogP contribution in [0.1, 0.15) is 32.0 Å². The molecule has 0 radical (unpaired) electrons. The number of hydrogen-bond donors (Lipinski definition) is 7. The van der Waals surface area contributed by atoms with Crippen molar-refractivity contribution in [1.29, 1.82) is 0 Å². The van der Waals surface area contributed by atoms with Gasteiger partial charge in [-0.2, -0.15) is 0 Å². The van der Waals surface area contributed by atoms with Gasteiger partial charge >= 0.3 is 31.7 Å². The summed E-state index contributed by atoms with van der Waals surface area (Å²) in [5.74, 6) is 0.190. The lowest BCUT2D eigenvalue weighted by molar-refractivity contribution is -0.635. The minimum Gasteiger partial charge on any atom is -0.382 e. The van der Waals surface area contributed by atoms with Gasteiger partial charge in [0.15, 0.2) is 41.6 Å². The highest BCUT2D eigenvalue weighted by molar-refractivity contribution is 8.44. The van der Waals surface area contributed by atoms with Crippen LogP contribution in [0.4, 0.5) is 17.6 Å². The van der Waals surface area contributed by atoms with Crippen molar-refractivity contribution in [1.82, 2.24) is 53.6 Å². The third kappa shape index (κ3) is 13.5. The number of rotatable bonds is 29. The first-order chi connectivity index (χ1) is 39.2. The minimum absolute atomic E-state index is 0.0000203. The van der Waals surface area contributed by atoms with Gasteiger partial charge < -0.3 is 78.7 Å². The predicted octanol–water partition coefficient (Wildman–Crippen LogP) is 0.479. The summed E-state index contributed by atoms with van der Waals surface area (Å²) in [6.07, 6.45) is -7.03.